The summed E-state index contributed by atoms with van der Waals surface area (Å²) < 4.78 is 39.4. The molecule has 1 N–H and O–H groups in total. The largest absolute Gasteiger partial charge is 0.416 e. The summed E-state index contributed by atoms with van der Waals surface area (Å²) in [6.45, 7) is 2.91. The molecule has 2 spiro atoms. The second-order valence-electron chi connectivity index (χ2n) is 9.50. The van der Waals surface area contributed by atoms with Crippen LogP contribution in [0.25, 0.3) is 0 Å². The van der Waals surface area contributed by atoms with Crippen LogP contribution in [0.1, 0.15) is 31.2 Å². The number of aromatic nitrogens is 1. The number of urea groups is 1. The molecule has 0 radical (unpaired) electrons. The van der Waals surface area contributed by atoms with E-state index < -0.39 is 17.3 Å². The Morgan fingerprint density at radius 2 is 1.80 bits per heavy atom. The first-order chi connectivity index (χ1) is 14.1. The molecule has 4 aliphatic rings. The van der Waals surface area contributed by atoms with Gasteiger partial charge in [-0.1, -0.05) is 0 Å². The second kappa shape index (κ2) is 6.24. The van der Waals surface area contributed by atoms with E-state index >= 15 is 0 Å². The number of amides is 3. The lowest BCUT2D eigenvalue weighted by Gasteiger charge is -2.61. The van der Waals surface area contributed by atoms with Gasteiger partial charge in [0.1, 0.15) is 0 Å². The fourth-order valence-corrected chi connectivity index (χ4v) is 5.59. The third kappa shape index (κ3) is 3.16. The molecule has 162 valence electrons. The van der Waals surface area contributed by atoms with Crippen molar-refractivity contribution >= 4 is 11.9 Å². The summed E-state index contributed by atoms with van der Waals surface area (Å²) in [6.07, 6.45) is -0.258. The van der Waals surface area contributed by atoms with Gasteiger partial charge >= 0.3 is 12.2 Å². The first kappa shape index (κ1) is 19.4. The van der Waals surface area contributed by atoms with Gasteiger partial charge in [-0.05, 0) is 31.2 Å². The van der Waals surface area contributed by atoms with Crippen molar-refractivity contribution in [3.05, 3.63) is 34.2 Å². The zero-order valence-electron chi connectivity index (χ0n) is 16.4. The number of carbonyl (C=O) groups is 2. The Balaban J connectivity index is 1.09. The van der Waals surface area contributed by atoms with Crippen molar-refractivity contribution in [1.82, 2.24) is 19.7 Å². The Morgan fingerprint density at radius 1 is 1.13 bits per heavy atom. The van der Waals surface area contributed by atoms with Crippen molar-refractivity contribution in [3.63, 3.8) is 0 Å². The summed E-state index contributed by atoms with van der Waals surface area (Å²) in [7, 11) is 0. The highest BCUT2D eigenvalue weighted by molar-refractivity contribution is 5.82. The molecule has 1 aromatic heterocycles. The predicted octanol–water partition coefficient (Wildman–Crippen LogP) is 1.66. The van der Waals surface area contributed by atoms with Gasteiger partial charge in [0.25, 0.3) is 5.56 Å². The van der Waals surface area contributed by atoms with E-state index in [2.05, 4.69) is 5.32 Å². The van der Waals surface area contributed by atoms with Crippen LogP contribution in [-0.4, -0.2) is 58.0 Å². The first-order valence-electron chi connectivity index (χ1n) is 10.2. The number of hydrogen-bond donors (Lipinski definition) is 1. The molecule has 1 saturated carbocycles. The molecule has 3 aliphatic heterocycles. The highest BCUT2D eigenvalue weighted by Gasteiger charge is 2.56. The number of halogens is 3. The highest BCUT2D eigenvalue weighted by Crippen LogP contribution is 2.52. The van der Waals surface area contributed by atoms with Crippen molar-refractivity contribution in [2.24, 2.45) is 11.3 Å². The third-order valence-electron chi connectivity index (χ3n) is 7.04. The molecule has 4 fully saturated rings. The van der Waals surface area contributed by atoms with Gasteiger partial charge in [-0.25, -0.2) is 4.79 Å². The first-order valence-corrected chi connectivity index (χ1v) is 10.2. The molecule has 0 atom stereocenters. The topological polar surface area (TPSA) is 74.7 Å². The number of rotatable bonds is 2. The molecule has 1 aliphatic carbocycles. The number of pyridine rings is 1. The molecule has 5 rings (SSSR count). The number of nitrogens with zero attached hydrogens (tertiary/aromatic N) is 3. The monoisotopic (exact) mass is 424 g/mol. The van der Waals surface area contributed by atoms with E-state index in [0.29, 0.717) is 45.2 Å². The highest BCUT2D eigenvalue weighted by atomic mass is 19.4. The lowest BCUT2D eigenvalue weighted by Crippen LogP contribution is -2.73. The van der Waals surface area contributed by atoms with Crippen molar-refractivity contribution in [2.75, 3.05) is 26.2 Å². The van der Waals surface area contributed by atoms with Crippen LogP contribution in [0.4, 0.5) is 18.0 Å². The van der Waals surface area contributed by atoms with Crippen molar-refractivity contribution < 1.29 is 22.8 Å². The lowest BCUT2D eigenvalue weighted by molar-refractivity contribution is -0.137. The minimum Gasteiger partial charge on any atom is -0.347 e. The molecular formula is C20H23F3N4O3. The number of likely N-dealkylation sites (tertiary alicyclic amines) is 2. The zero-order chi connectivity index (χ0) is 21.3. The Morgan fingerprint density at radius 3 is 2.37 bits per heavy atom. The number of alkyl halides is 3. The fraction of sp³-hybridized carbons (Fsp3) is 0.650. The Labute approximate surface area is 170 Å². The van der Waals surface area contributed by atoms with Crippen molar-refractivity contribution in [3.8, 4) is 0 Å². The lowest BCUT2D eigenvalue weighted by atomic mass is 9.57. The van der Waals surface area contributed by atoms with Crippen LogP contribution >= 0.6 is 0 Å². The van der Waals surface area contributed by atoms with E-state index in [4.69, 9.17) is 0 Å². The van der Waals surface area contributed by atoms with Gasteiger partial charge in [0.2, 0.25) is 5.91 Å². The van der Waals surface area contributed by atoms with Gasteiger partial charge in [-0.2, -0.15) is 13.2 Å². The van der Waals surface area contributed by atoms with Crippen LogP contribution in [0.2, 0.25) is 0 Å². The Hall–Kier alpha value is -2.52. The predicted molar refractivity (Wildman–Crippen MR) is 99.5 cm³/mol. The number of hydrogen-bond acceptors (Lipinski definition) is 3. The molecule has 4 heterocycles. The van der Waals surface area contributed by atoms with Gasteiger partial charge in [-0.3, -0.25) is 9.59 Å². The van der Waals surface area contributed by atoms with Crippen molar-refractivity contribution in [2.45, 2.75) is 43.9 Å². The summed E-state index contributed by atoms with van der Waals surface area (Å²) >= 11 is 0. The minimum atomic E-state index is -4.51. The summed E-state index contributed by atoms with van der Waals surface area (Å²) in [4.78, 5) is 39.6. The van der Waals surface area contributed by atoms with E-state index in [-0.39, 0.29) is 28.8 Å². The van der Waals surface area contributed by atoms with Crippen LogP contribution in [0, 0.1) is 11.3 Å². The molecule has 3 amide bonds. The maximum absolute atomic E-state index is 12.7. The summed E-state index contributed by atoms with van der Waals surface area (Å²) in [5, 5.41) is 2.97. The summed E-state index contributed by atoms with van der Waals surface area (Å²) in [5.41, 5.74) is -1.69. The normalized spacial score (nSPS) is 24.4. The van der Waals surface area contributed by atoms with Crippen LogP contribution in [0.15, 0.2) is 23.1 Å². The SMILES string of the molecule is O=C1CCC2(CN(C(=O)N3CC4(CC(Cn5ccc(C(F)(F)F)cc5=O)C4)C3)C2)N1. The molecule has 10 heteroatoms. The van der Waals surface area contributed by atoms with Gasteiger partial charge in [0, 0.05) is 56.8 Å². The van der Waals surface area contributed by atoms with E-state index in [1.807, 2.05) is 4.90 Å². The van der Waals surface area contributed by atoms with Gasteiger partial charge in [0.05, 0.1) is 11.1 Å². The average Bonchev–Trinajstić information content (AvgIpc) is 2.96. The van der Waals surface area contributed by atoms with Crippen molar-refractivity contribution in [1.29, 1.82) is 0 Å². The van der Waals surface area contributed by atoms with Crippen LogP contribution < -0.4 is 10.9 Å². The molecule has 1 aromatic rings. The van der Waals surface area contributed by atoms with Gasteiger partial charge in [-0.15, -0.1) is 0 Å². The van der Waals surface area contributed by atoms with E-state index in [1.165, 1.54) is 10.8 Å². The molecule has 7 nitrogen and oxygen atoms in total. The van der Waals surface area contributed by atoms with E-state index in [9.17, 15) is 27.6 Å². The van der Waals surface area contributed by atoms with Crippen LogP contribution in [0.3, 0.4) is 0 Å². The molecule has 3 saturated heterocycles. The van der Waals surface area contributed by atoms with E-state index in [1.54, 1.807) is 4.90 Å². The minimum absolute atomic E-state index is 0.00908. The number of nitrogens with one attached hydrogen (secondary N) is 1. The third-order valence-corrected chi connectivity index (χ3v) is 7.04. The molecular weight excluding hydrogens is 401 g/mol. The maximum Gasteiger partial charge on any atom is 0.416 e. The van der Waals surface area contributed by atoms with Crippen LogP contribution in [0.5, 0.6) is 0 Å². The van der Waals surface area contributed by atoms with Gasteiger partial charge < -0.3 is 19.7 Å². The number of carbonyl (C=O) groups excluding carboxylic acids is 2. The van der Waals surface area contributed by atoms with Crippen LogP contribution in [-0.2, 0) is 17.5 Å². The second-order valence-corrected chi connectivity index (χ2v) is 9.50. The molecule has 30 heavy (non-hydrogen) atoms. The molecule has 0 aromatic carbocycles. The van der Waals surface area contributed by atoms with E-state index in [0.717, 1.165) is 25.3 Å². The summed E-state index contributed by atoms with van der Waals surface area (Å²) in [5.74, 6) is 0.287. The standard InChI is InChI=1S/C20H23F3N4O3/c21-20(22,23)14-2-4-25(16(29)5-14)8-13-6-18(7-13)9-26(10-18)17(30)27-11-19(12-27)3-1-15(28)24-19/h2,4-5,13H,1,3,6-12H2,(H,24,28). The Kier molecular flexibility index (Phi) is 4.05. The maximum atomic E-state index is 12.7. The molecule has 0 unspecified atom stereocenters. The Bertz CT molecular complexity index is 953. The molecule has 0 bridgehead atoms. The zero-order valence-corrected chi connectivity index (χ0v) is 16.4. The summed E-state index contributed by atoms with van der Waals surface area (Å²) in [6, 6.07) is 1.59. The average molecular weight is 424 g/mol. The smallest absolute Gasteiger partial charge is 0.347 e. The fourth-order valence-electron chi connectivity index (χ4n) is 5.59. The quantitative estimate of drug-likeness (QED) is 0.785. The van der Waals surface area contributed by atoms with Gasteiger partial charge in [0.15, 0.2) is 0 Å².